The third kappa shape index (κ3) is 2.91. The number of rotatable bonds is 5. The van der Waals surface area contributed by atoms with Crippen molar-refractivity contribution in [1.82, 2.24) is 25.3 Å². The van der Waals surface area contributed by atoms with Crippen LogP contribution >= 0.6 is 0 Å². The Hall–Kier alpha value is -1.93. The molecule has 2 saturated heterocycles. The molecule has 0 bridgehead atoms. The minimum atomic E-state index is -0.817. The lowest BCUT2D eigenvalue weighted by molar-refractivity contribution is -0.130. The summed E-state index contributed by atoms with van der Waals surface area (Å²) in [6.45, 7) is 7.03. The zero-order valence-electron chi connectivity index (χ0n) is 14.6. The number of aryl methyl sites for hydroxylation is 1. The first-order valence-electron chi connectivity index (χ1n) is 8.29. The monoisotopic (exact) mass is 335 g/mol. The predicted octanol–water partition coefficient (Wildman–Crippen LogP) is 0.479. The predicted molar refractivity (Wildman–Crippen MR) is 87.4 cm³/mol. The number of aromatic nitrogens is 2. The summed E-state index contributed by atoms with van der Waals surface area (Å²) < 4.78 is 7.70. The molecule has 0 radical (unpaired) electrons. The maximum Gasteiger partial charge on any atom is 0.325 e. The second-order valence-corrected chi connectivity index (χ2v) is 6.96. The normalized spacial score (nSPS) is 26.2. The molecule has 3 rings (SSSR count). The van der Waals surface area contributed by atoms with E-state index in [0.717, 1.165) is 17.7 Å². The van der Waals surface area contributed by atoms with Crippen LogP contribution in [-0.4, -0.2) is 57.9 Å². The van der Waals surface area contributed by atoms with Gasteiger partial charge in [-0.05, 0) is 27.2 Å². The second kappa shape index (κ2) is 6.18. The molecule has 0 aliphatic carbocycles. The van der Waals surface area contributed by atoms with Crippen molar-refractivity contribution in [3.63, 3.8) is 0 Å². The molecule has 2 atom stereocenters. The van der Waals surface area contributed by atoms with E-state index in [1.807, 2.05) is 24.9 Å². The summed E-state index contributed by atoms with van der Waals surface area (Å²) in [5.41, 5.74) is 1.36. The first kappa shape index (κ1) is 16.9. The van der Waals surface area contributed by atoms with Gasteiger partial charge in [0.2, 0.25) is 0 Å². The third-order valence-electron chi connectivity index (χ3n) is 4.86. The fourth-order valence-electron chi connectivity index (χ4n) is 3.28. The van der Waals surface area contributed by atoms with Crippen molar-refractivity contribution in [2.45, 2.75) is 44.9 Å². The Balaban J connectivity index is 1.58. The molecular weight excluding hydrogens is 310 g/mol. The highest BCUT2D eigenvalue weighted by molar-refractivity contribution is 6.06. The molecular formula is C16H25N5O3. The molecule has 3 amide bonds. The zero-order chi connectivity index (χ0) is 17.5. The molecule has 0 aromatic carbocycles. The Morgan fingerprint density at radius 2 is 2.21 bits per heavy atom. The highest BCUT2D eigenvalue weighted by atomic mass is 16.5. The molecule has 8 heteroatoms. The Morgan fingerprint density at radius 1 is 1.46 bits per heavy atom. The molecule has 2 fully saturated rings. The number of urea groups is 1. The van der Waals surface area contributed by atoms with Crippen LogP contribution in [0.15, 0.2) is 6.20 Å². The van der Waals surface area contributed by atoms with Gasteiger partial charge in [0.05, 0.1) is 6.20 Å². The van der Waals surface area contributed by atoms with Crippen LogP contribution in [-0.2, 0) is 16.6 Å². The number of carbonyl (C=O) groups excluding carboxylic acids is 2. The van der Waals surface area contributed by atoms with Gasteiger partial charge in [-0.25, -0.2) is 4.79 Å². The highest BCUT2D eigenvalue weighted by Crippen LogP contribution is 2.30. The SMILES string of the molecule is Cc1c([C@H]2OCC[C@@H]2NCCN2C(=O)NC(C)(C)C2=O)cnn1C. The van der Waals surface area contributed by atoms with Crippen molar-refractivity contribution >= 4 is 11.9 Å². The van der Waals surface area contributed by atoms with E-state index in [2.05, 4.69) is 15.7 Å². The van der Waals surface area contributed by atoms with Crippen LogP contribution in [0, 0.1) is 6.92 Å². The fraction of sp³-hybridized carbons (Fsp3) is 0.688. The minimum absolute atomic E-state index is 0.0433. The zero-order valence-corrected chi connectivity index (χ0v) is 14.6. The smallest absolute Gasteiger partial charge is 0.325 e. The van der Waals surface area contributed by atoms with E-state index in [-0.39, 0.29) is 24.1 Å². The van der Waals surface area contributed by atoms with E-state index in [9.17, 15) is 9.59 Å². The molecule has 3 heterocycles. The first-order valence-corrected chi connectivity index (χ1v) is 8.29. The van der Waals surface area contributed by atoms with Gasteiger partial charge in [-0.2, -0.15) is 5.10 Å². The summed E-state index contributed by atoms with van der Waals surface area (Å²) in [6.07, 6.45) is 2.70. The van der Waals surface area contributed by atoms with Gasteiger partial charge in [0.1, 0.15) is 11.6 Å². The number of hydrogen-bond acceptors (Lipinski definition) is 5. The number of hydrogen-bond donors (Lipinski definition) is 2. The Kier molecular flexibility index (Phi) is 4.35. The minimum Gasteiger partial charge on any atom is -0.372 e. The Bertz CT molecular complexity index is 654. The van der Waals surface area contributed by atoms with Crippen LogP contribution in [0.4, 0.5) is 4.79 Å². The maximum atomic E-state index is 12.2. The molecule has 0 unspecified atom stereocenters. The van der Waals surface area contributed by atoms with Gasteiger partial charge in [-0.1, -0.05) is 0 Å². The first-order chi connectivity index (χ1) is 11.3. The number of nitrogens with zero attached hydrogens (tertiary/aromatic N) is 3. The molecule has 132 valence electrons. The molecule has 0 saturated carbocycles. The van der Waals surface area contributed by atoms with Crippen LogP contribution in [0.25, 0.3) is 0 Å². The molecule has 1 aromatic rings. The third-order valence-corrected chi connectivity index (χ3v) is 4.86. The highest BCUT2D eigenvalue weighted by Gasteiger charge is 2.44. The number of nitrogens with one attached hydrogen (secondary N) is 2. The number of ether oxygens (including phenoxy) is 1. The molecule has 8 nitrogen and oxygen atoms in total. The van der Waals surface area contributed by atoms with Gasteiger partial charge in [0.25, 0.3) is 5.91 Å². The van der Waals surface area contributed by atoms with E-state index >= 15 is 0 Å². The largest absolute Gasteiger partial charge is 0.372 e. The molecule has 2 N–H and O–H groups in total. The van der Waals surface area contributed by atoms with E-state index in [0.29, 0.717) is 19.7 Å². The van der Waals surface area contributed by atoms with Gasteiger partial charge in [0, 0.05) is 44.0 Å². The van der Waals surface area contributed by atoms with Crippen molar-refractivity contribution in [1.29, 1.82) is 0 Å². The van der Waals surface area contributed by atoms with Crippen molar-refractivity contribution in [2.75, 3.05) is 19.7 Å². The van der Waals surface area contributed by atoms with E-state index in [1.165, 1.54) is 4.90 Å². The lowest BCUT2D eigenvalue weighted by Gasteiger charge is -2.21. The number of amides is 3. The van der Waals surface area contributed by atoms with Crippen LogP contribution in [0.3, 0.4) is 0 Å². The van der Waals surface area contributed by atoms with Crippen LogP contribution in [0.2, 0.25) is 0 Å². The Labute approximate surface area is 141 Å². The topological polar surface area (TPSA) is 88.5 Å². The molecule has 2 aliphatic rings. The standard InChI is InChI=1S/C16H25N5O3/c1-10-11(9-18-20(10)4)13-12(5-8-24-13)17-6-7-21-14(22)16(2,3)19-15(21)23/h9,12-13,17H,5-8H2,1-4H3,(H,19,23)/t12-,13+/m0/s1. The average Bonchev–Trinajstić information content (AvgIpc) is 3.14. The van der Waals surface area contributed by atoms with Crippen LogP contribution < -0.4 is 10.6 Å². The average molecular weight is 335 g/mol. The van der Waals surface area contributed by atoms with Crippen molar-refractivity contribution < 1.29 is 14.3 Å². The van der Waals surface area contributed by atoms with Crippen molar-refractivity contribution in [3.8, 4) is 0 Å². The van der Waals surface area contributed by atoms with E-state index in [4.69, 9.17) is 4.74 Å². The van der Waals surface area contributed by atoms with Crippen molar-refractivity contribution in [2.24, 2.45) is 7.05 Å². The summed E-state index contributed by atoms with van der Waals surface area (Å²) in [7, 11) is 1.91. The van der Waals surface area contributed by atoms with Gasteiger partial charge in [0.15, 0.2) is 0 Å². The summed E-state index contributed by atoms with van der Waals surface area (Å²) >= 11 is 0. The van der Waals surface area contributed by atoms with Crippen molar-refractivity contribution in [3.05, 3.63) is 17.5 Å². The maximum absolute atomic E-state index is 12.2. The lowest BCUT2D eigenvalue weighted by atomic mass is 10.0. The summed E-state index contributed by atoms with van der Waals surface area (Å²) in [5.74, 6) is -0.184. The van der Waals surface area contributed by atoms with Gasteiger partial charge in [-0.15, -0.1) is 0 Å². The summed E-state index contributed by atoms with van der Waals surface area (Å²) in [5, 5.41) is 10.4. The molecule has 1 aromatic heterocycles. The van der Waals surface area contributed by atoms with Gasteiger partial charge < -0.3 is 15.4 Å². The van der Waals surface area contributed by atoms with Crippen LogP contribution in [0.5, 0.6) is 0 Å². The molecule has 0 spiro atoms. The van der Waals surface area contributed by atoms with Gasteiger partial charge in [-0.3, -0.25) is 14.4 Å². The molecule has 24 heavy (non-hydrogen) atoms. The molecule has 2 aliphatic heterocycles. The quantitative estimate of drug-likeness (QED) is 0.764. The van der Waals surface area contributed by atoms with Gasteiger partial charge >= 0.3 is 6.03 Å². The number of carbonyl (C=O) groups is 2. The summed E-state index contributed by atoms with van der Waals surface area (Å²) in [6, 6.07) is -0.171. The van der Waals surface area contributed by atoms with Crippen LogP contribution in [0.1, 0.15) is 37.6 Å². The van der Waals surface area contributed by atoms with E-state index < -0.39 is 5.54 Å². The number of imide groups is 1. The van der Waals surface area contributed by atoms with E-state index in [1.54, 1.807) is 13.8 Å². The lowest BCUT2D eigenvalue weighted by Crippen LogP contribution is -2.42. The summed E-state index contributed by atoms with van der Waals surface area (Å²) in [4.78, 5) is 25.3. The fourth-order valence-corrected chi connectivity index (χ4v) is 3.28. The Morgan fingerprint density at radius 3 is 2.79 bits per heavy atom. The second-order valence-electron chi connectivity index (χ2n) is 6.96.